The molecule has 1 unspecified atom stereocenters. The number of pyridine rings is 1. The summed E-state index contributed by atoms with van der Waals surface area (Å²) in [6.45, 7) is 1.79. The zero-order valence-corrected chi connectivity index (χ0v) is 15.4. The fraction of sp³-hybridized carbons (Fsp3) is 0.182. The Morgan fingerprint density at radius 2 is 1.67 bits per heavy atom. The van der Waals surface area contributed by atoms with E-state index in [2.05, 4.69) is 39.9 Å². The van der Waals surface area contributed by atoms with Crippen molar-refractivity contribution in [2.24, 2.45) is 0 Å². The standard InChI is InChI=1S/C22H24N4O/c1-2-21(27)25-18-13-14-20(26-22(18)23)24-19(17-11-7-4-8-12-17)15-16-9-5-3-6-10-16/h3-14,19H,2,15H2,1H3,(H,25,27)(H3,23,24,26). The van der Waals surface area contributed by atoms with Crippen LogP contribution in [0.2, 0.25) is 0 Å². The highest BCUT2D eigenvalue weighted by molar-refractivity contribution is 5.93. The Morgan fingerprint density at radius 3 is 2.30 bits per heavy atom. The molecule has 1 atom stereocenters. The van der Waals surface area contributed by atoms with Crippen LogP contribution in [0.15, 0.2) is 72.8 Å². The summed E-state index contributed by atoms with van der Waals surface area (Å²) in [7, 11) is 0. The number of nitrogens with zero attached hydrogens (tertiary/aromatic N) is 1. The van der Waals surface area contributed by atoms with Crippen LogP contribution in [0.4, 0.5) is 17.3 Å². The largest absolute Gasteiger partial charge is 0.382 e. The lowest BCUT2D eigenvalue weighted by Gasteiger charge is -2.21. The zero-order valence-electron chi connectivity index (χ0n) is 15.4. The van der Waals surface area contributed by atoms with Crippen molar-refractivity contribution in [2.45, 2.75) is 25.8 Å². The molecule has 0 radical (unpaired) electrons. The molecule has 5 nitrogen and oxygen atoms in total. The molecule has 0 fully saturated rings. The van der Waals surface area contributed by atoms with E-state index in [1.807, 2.05) is 42.5 Å². The van der Waals surface area contributed by atoms with Crippen LogP contribution in [-0.4, -0.2) is 10.9 Å². The summed E-state index contributed by atoms with van der Waals surface area (Å²) in [6, 6.07) is 24.2. The molecule has 1 heterocycles. The normalized spacial score (nSPS) is 11.6. The summed E-state index contributed by atoms with van der Waals surface area (Å²) in [5, 5.41) is 6.23. The molecule has 138 valence electrons. The number of aromatic nitrogens is 1. The number of anilines is 3. The second kappa shape index (κ2) is 8.85. The molecule has 4 N–H and O–H groups in total. The van der Waals surface area contributed by atoms with Crippen molar-refractivity contribution in [3.8, 4) is 0 Å². The van der Waals surface area contributed by atoms with Gasteiger partial charge in [0, 0.05) is 6.42 Å². The van der Waals surface area contributed by atoms with Crippen molar-refractivity contribution in [3.63, 3.8) is 0 Å². The van der Waals surface area contributed by atoms with Crippen LogP contribution in [0.5, 0.6) is 0 Å². The first kappa shape index (κ1) is 18.5. The van der Waals surface area contributed by atoms with Gasteiger partial charge in [-0.05, 0) is 29.7 Å². The minimum atomic E-state index is -0.0875. The van der Waals surface area contributed by atoms with E-state index < -0.39 is 0 Å². The number of amides is 1. The molecule has 0 saturated heterocycles. The van der Waals surface area contributed by atoms with Gasteiger partial charge < -0.3 is 16.4 Å². The monoisotopic (exact) mass is 360 g/mol. The smallest absolute Gasteiger partial charge is 0.224 e. The summed E-state index contributed by atoms with van der Waals surface area (Å²) in [4.78, 5) is 16.0. The number of rotatable bonds is 7. The zero-order chi connectivity index (χ0) is 19.1. The molecule has 0 spiro atoms. The van der Waals surface area contributed by atoms with Crippen molar-refractivity contribution in [1.82, 2.24) is 4.98 Å². The number of nitrogens with two attached hydrogens (primary N) is 1. The van der Waals surface area contributed by atoms with Gasteiger partial charge in [0.2, 0.25) is 5.91 Å². The van der Waals surface area contributed by atoms with Crippen LogP contribution in [0.3, 0.4) is 0 Å². The minimum Gasteiger partial charge on any atom is -0.382 e. The van der Waals surface area contributed by atoms with Crippen molar-refractivity contribution in [3.05, 3.63) is 83.9 Å². The Bertz CT molecular complexity index is 881. The predicted octanol–water partition coefficient (Wildman–Crippen LogP) is 4.41. The molecule has 3 aromatic rings. The summed E-state index contributed by atoms with van der Waals surface area (Å²) in [6.07, 6.45) is 1.22. The van der Waals surface area contributed by atoms with E-state index in [0.717, 1.165) is 6.42 Å². The maximum Gasteiger partial charge on any atom is 0.224 e. The molecule has 0 saturated carbocycles. The molecule has 27 heavy (non-hydrogen) atoms. The topological polar surface area (TPSA) is 80.0 Å². The maximum atomic E-state index is 11.6. The SMILES string of the molecule is CCC(=O)Nc1ccc(NC(Cc2ccccc2)c2ccccc2)nc1N. The summed E-state index contributed by atoms with van der Waals surface area (Å²) < 4.78 is 0. The molecule has 0 bridgehead atoms. The third kappa shape index (κ3) is 5.07. The first-order chi connectivity index (χ1) is 13.2. The lowest BCUT2D eigenvalue weighted by Crippen LogP contribution is -2.16. The molecule has 3 rings (SSSR count). The van der Waals surface area contributed by atoms with Crippen LogP contribution < -0.4 is 16.4 Å². The van der Waals surface area contributed by atoms with Crippen molar-refractivity contribution in [1.29, 1.82) is 0 Å². The van der Waals surface area contributed by atoms with Gasteiger partial charge in [-0.1, -0.05) is 67.6 Å². The van der Waals surface area contributed by atoms with Crippen LogP contribution in [0.25, 0.3) is 0 Å². The molecule has 2 aromatic carbocycles. The number of carbonyl (C=O) groups excluding carboxylic acids is 1. The van der Waals surface area contributed by atoms with Gasteiger partial charge >= 0.3 is 0 Å². The number of nitrogen functional groups attached to an aromatic ring is 1. The van der Waals surface area contributed by atoms with Crippen molar-refractivity contribution >= 4 is 23.2 Å². The Hall–Kier alpha value is -3.34. The van der Waals surface area contributed by atoms with Crippen molar-refractivity contribution < 1.29 is 4.79 Å². The summed E-state index contributed by atoms with van der Waals surface area (Å²) >= 11 is 0. The van der Waals surface area contributed by atoms with E-state index >= 15 is 0 Å². The van der Waals surface area contributed by atoms with E-state index in [1.54, 1.807) is 13.0 Å². The van der Waals surface area contributed by atoms with Crippen LogP contribution in [0.1, 0.15) is 30.5 Å². The fourth-order valence-electron chi connectivity index (χ4n) is 2.87. The highest BCUT2D eigenvalue weighted by Gasteiger charge is 2.14. The Kier molecular flexibility index (Phi) is 6.05. The Morgan fingerprint density at radius 1 is 1.00 bits per heavy atom. The lowest BCUT2D eigenvalue weighted by atomic mass is 9.99. The van der Waals surface area contributed by atoms with Gasteiger partial charge in [-0.25, -0.2) is 4.98 Å². The third-order valence-electron chi connectivity index (χ3n) is 4.33. The molecule has 0 aliphatic carbocycles. The summed E-state index contributed by atoms with van der Waals surface area (Å²) in [5.41, 5.74) is 8.97. The quantitative estimate of drug-likeness (QED) is 0.583. The summed E-state index contributed by atoms with van der Waals surface area (Å²) in [5.74, 6) is 0.885. The minimum absolute atomic E-state index is 0.0524. The molecular weight excluding hydrogens is 336 g/mol. The van der Waals surface area contributed by atoms with Gasteiger partial charge in [0.1, 0.15) is 11.6 Å². The average Bonchev–Trinajstić information content (AvgIpc) is 2.71. The van der Waals surface area contributed by atoms with Gasteiger partial charge in [-0.15, -0.1) is 0 Å². The van der Waals surface area contributed by atoms with Gasteiger partial charge in [0.05, 0.1) is 11.7 Å². The molecule has 1 amide bonds. The number of carbonyl (C=O) groups is 1. The fourth-order valence-corrected chi connectivity index (χ4v) is 2.87. The van der Waals surface area contributed by atoms with Crippen LogP contribution in [0, 0.1) is 0 Å². The van der Waals surface area contributed by atoms with E-state index in [9.17, 15) is 4.79 Å². The van der Waals surface area contributed by atoms with Gasteiger partial charge in [0.25, 0.3) is 0 Å². The van der Waals surface area contributed by atoms with E-state index in [1.165, 1.54) is 11.1 Å². The predicted molar refractivity (Wildman–Crippen MR) is 111 cm³/mol. The molecule has 0 aliphatic heterocycles. The highest BCUT2D eigenvalue weighted by atomic mass is 16.1. The number of hydrogen-bond acceptors (Lipinski definition) is 4. The van der Waals surface area contributed by atoms with Gasteiger partial charge in [-0.3, -0.25) is 4.79 Å². The maximum absolute atomic E-state index is 11.6. The molecular formula is C22H24N4O. The average molecular weight is 360 g/mol. The Balaban J connectivity index is 1.81. The first-order valence-electron chi connectivity index (χ1n) is 9.07. The van der Waals surface area contributed by atoms with Gasteiger partial charge in [-0.2, -0.15) is 0 Å². The third-order valence-corrected chi connectivity index (χ3v) is 4.33. The van der Waals surface area contributed by atoms with E-state index in [0.29, 0.717) is 23.7 Å². The number of hydrogen-bond donors (Lipinski definition) is 3. The molecule has 5 heteroatoms. The Labute approximate surface area is 159 Å². The molecule has 0 aliphatic rings. The second-order valence-electron chi connectivity index (χ2n) is 6.33. The second-order valence-corrected chi connectivity index (χ2v) is 6.33. The first-order valence-corrected chi connectivity index (χ1v) is 9.07. The van der Waals surface area contributed by atoms with Gasteiger partial charge in [0.15, 0.2) is 0 Å². The van der Waals surface area contributed by atoms with Crippen LogP contribution in [-0.2, 0) is 11.2 Å². The van der Waals surface area contributed by atoms with E-state index in [-0.39, 0.29) is 11.9 Å². The van der Waals surface area contributed by atoms with Crippen molar-refractivity contribution in [2.75, 3.05) is 16.4 Å². The highest BCUT2D eigenvalue weighted by Crippen LogP contribution is 2.25. The van der Waals surface area contributed by atoms with Crippen LogP contribution >= 0.6 is 0 Å². The van der Waals surface area contributed by atoms with E-state index in [4.69, 9.17) is 5.73 Å². The molecule has 1 aromatic heterocycles. The number of benzene rings is 2. The lowest BCUT2D eigenvalue weighted by molar-refractivity contribution is -0.115. The number of nitrogens with one attached hydrogen (secondary N) is 2.